The molecule has 1 saturated heterocycles. The third kappa shape index (κ3) is 38.3. The maximum atomic E-state index is 10.0. The highest BCUT2D eigenvalue weighted by atomic mass is 16.5. The zero-order valence-corrected chi connectivity index (χ0v) is 13.0. The Balaban J connectivity index is -0.000000192. The molecule has 0 saturated carbocycles. The standard InChI is InChI=1S/C5H10O2.C4H8O.C3H7NO.CH4O/c1-4(2)7-5(3)6;1-2-4-5-3-1;1-4(2)3-5;1-2/h4H,1-3H3;1-4H2;3H,1-2H3;2H,1H3. The Hall–Kier alpha value is -1.14. The summed E-state index contributed by atoms with van der Waals surface area (Å²) in [6.07, 6.45) is 3.33. The molecule has 19 heavy (non-hydrogen) atoms. The number of carbonyl (C=O) groups excluding carboxylic acids is 2. The SMILES string of the molecule is C1CCOC1.CC(=O)OC(C)C.CN(C)C=O.CO. The van der Waals surface area contributed by atoms with Crippen LogP contribution in [0.5, 0.6) is 0 Å². The van der Waals surface area contributed by atoms with Gasteiger partial charge in [0.2, 0.25) is 6.41 Å². The van der Waals surface area contributed by atoms with Crippen molar-refractivity contribution in [2.24, 2.45) is 0 Å². The number of hydrogen-bond acceptors (Lipinski definition) is 5. The van der Waals surface area contributed by atoms with Crippen LogP contribution in [0.4, 0.5) is 0 Å². The highest BCUT2D eigenvalue weighted by Crippen LogP contribution is 1.98. The Morgan fingerprint density at radius 2 is 1.63 bits per heavy atom. The number of carbonyl (C=O) groups is 2. The average molecular weight is 279 g/mol. The van der Waals surface area contributed by atoms with Crippen molar-refractivity contribution in [2.45, 2.75) is 39.7 Å². The second-order valence-corrected chi connectivity index (χ2v) is 4.05. The lowest BCUT2D eigenvalue weighted by Gasteiger charge is -2.01. The molecular weight excluding hydrogens is 250 g/mol. The van der Waals surface area contributed by atoms with Crippen molar-refractivity contribution in [1.82, 2.24) is 4.90 Å². The van der Waals surface area contributed by atoms with Gasteiger partial charge in [0.1, 0.15) is 0 Å². The lowest BCUT2D eigenvalue weighted by atomic mass is 10.4. The van der Waals surface area contributed by atoms with Crippen molar-refractivity contribution < 1.29 is 24.2 Å². The molecule has 1 rings (SSSR count). The lowest BCUT2D eigenvalue weighted by Crippen LogP contribution is -2.06. The summed E-state index contributed by atoms with van der Waals surface area (Å²) in [5.41, 5.74) is 0. The van der Waals surface area contributed by atoms with E-state index in [9.17, 15) is 9.59 Å². The van der Waals surface area contributed by atoms with E-state index in [0.717, 1.165) is 26.7 Å². The summed E-state index contributed by atoms with van der Waals surface area (Å²) >= 11 is 0. The third-order valence-electron chi connectivity index (χ3n) is 1.44. The predicted octanol–water partition coefficient (Wildman–Crippen LogP) is 1.07. The Morgan fingerprint density at radius 1 is 1.26 bits per heavy atom. The summed E-state index contributed by atoms with van der Waals surface area (Å²) in [5, 5.41) is 7.00. The van der Waals surface area contributed by atoms with Crippen LogP contribution >= 0.6 is 0 Å². The molecule has 1 N–H and O–H groups in total. The van der Waals surface area contributed by atoms with E-state index in [1.807, 2.05) is 13.8 Å². The van der Waals surface area contributed by atoms with E-state index in [-0.39, 0.29) is 12.1 Å². The van der Waals surface area contributed by atoms with Crippen LogP contribution in [0.2, 0.25) is 0 Å². The van der Waals surface area contributed by atoms with Crippen LogP contribution in [-0.4, -0.2) is 62.9 Å². The molecular formula is C13H29NO5. The van der Waals surface area contributed by atoms with Crippen molar-refractivity contribution in [2.75, 3.05) is 34.4 Å². The second-order valence-electron chi connectivity index (χ2n) is 4.05. The van der Waals surface area contributed by atoms with Gasteiger partial charge in [0.15, 0.2) is 0 Å². The molecule has 0 bridgehead atoms. The normalized spacial score (nSPS) is 11.8. The Morgan fingerprint density at radius 3 is 1.68 bits per heavy atom. The van der Waals surface area contributed by atoms with Gasteiger partial charge in [-0.1, -0.05) is 0 Å². The van der Waals surface area contributed by atoms with E-state index < -0.39 is 0 Å². The van der Waals surface area contributed by atoms with Crippen LogP contribution in [0.1, 0.15) is 33.6 Å². The molecule has 6 heteroatoms. The summed E-state index contributed by atoms with van der Waals surface area (Å²) in [7, 11) is 4.38. The van der Waals surface area contributed by atoms with E-state index in [1.54, 1.807) is 14.1 Å². The van der Waals surface area contributed by atoms with Gasteiger partial charge >= 0.3 is 5.97 Å². The molecule has 0 aromatic rings. The first kappa shape index (κ1) is 23.0. The highest BCUT2D eigenvalue weighted by Gasteiger charge is 1.95. The summed E-state index contributed by atoms with van der Waals surface area (Å²) < 4.78 is 9.56. The zero-order valence-electron chi connectivity index (χ0n) is 13.0. The highest BCUT2D eigenvalue weighted by molar-refractivity contribution is 5.66. The van der Waals surface area contributed by atoms with E-state index in [0.29, 0.717) is 0 Å². The first-order chi connectivity index (χ1) is 8.90. The number of aliphatic hydroxyl groups excluding tert-OH is 1. The van der Waals surface area contributed by atoms with Crippen LogP contribution in [0.25, 0.3) is 0 Å². The maximum absolute atomic E-state index is 10.0. The molecule has 1 heterocycles. The molecule has 0 atom stereocenters. The Labute approximate surface area is 116 Å². The fourth-order valence-electron chi connectivity index (χ4n) is 0.842. The number of hydrogen-bond donors (Lipinski definition) is 1. The summed E-state index contributed by atoms with van der Waals surface area (Å²) in [5.74, 6) is -0.213. The minimum atomic E-state index is -0.213. The largest absolute Gasteiger partial charge is 0.463 e. The van der Waals surface area contributed by atoms with Gasteiger partial charge in [-0.05, 0) is 26.7 Å². The number of rotatable bonds is 2. The van der Waals surface area contributed by atoms with Gasteiger partial charge in [-0.3, -0.25) is 9.59 Å². The topological polar surface area (TPSA) is 76.1 Å². The quantitative estimate of drug-likeness (QED) is 0.604. The molecule has 116 valence electrons. The maximum Gasteiger partial charge on any atom is 0.302 e. The van der Waals surface area contributed by atoms with Crippen LogP contribution < -0.4 is 0 Å². The predicted molar refractivity (Wildman–Crippen MR) is 74.8 cm³/mol. The number of nitrogens with zero attached hydrogens (tertiary/aromatic N) is 1. The fourth-order valence-corrected chi connectivity index (χ4v) is 0.842. The van der Waals surface area contributed by atoms with Gasteiger partial charge in [0.25, 0.3) is 0 Å². The summed E-state index contributed by atoms with van der Waals surface area (Å²) in [6, 6.07) is 0. The molecule has 1 amide bonds. The first-order valence-corrected chi connectivity index (χ1v) is 6.21. The van der Waals surface area contributed by atoms with Gasteiger partial charge in [-0.25, -0.2) is 0 Å². The van der Waals surface area contributed by atoms with Crippen molar-refractivity contribution >= 4 is 12.4 Å². The van der Waals surface area contributed by atoms with Crippen molar-refractivity contribution in [1.29, 1.82) is 0 Å². The summed E-state index contributed by atoms with van der Waals surface area (Å²) in [4.78, 5) is 20.9. The number of amides is 1. The lowest BCUT2D eigenvalue weighted by molar-refractivity contribution is -0.144. The molecule has 0 aromatic carbocycles. The molecule has 1 fully saturated rings. The van der Waals surface area contributed by atoms with Gasteiger partial charge in [-0.15, -0.1) is 0 Å². The minimum Gasteiger partial charge on any atom is -0.463 e. The summed E-state index contributed by atoms with van der Waals surface area (Å²) in [6.45, 7) is 7.04. The van der Waals surface area contributed by atoms with Gasteiger partial charge in [0, 0.05) is 41.3 Å². The molecule has 0 spiro atoms. The van der Waals surface area contributed by atoms with E-state index in [2.05, 4.69) is 4.74 Å². The average Bonchev–Trinajstić information content (AvgIpc) is 2.89. The molecule has 1 aliphatic rings. The van der Waals surface area contributed by atoms with Crippen molar-refractivity contribution in [3.63, 3.8) is 0 Å². The van der Waals surface area contributed by atoms with Crippen molar-refractivity contribution in [3.8, 4) is 0 Å². The zero-order chi connectivity index (χ0) is 15.7. The van der Waals surface area contributed by atoms with Gasteiger partial charge < -0.3 is 19.5 Å². The first-order valence-electron chi connectivity index (χ1n) is 6.21. The van der Waals surface area contributed by atoms with Crippen LogP contribution in [0.3, 0.4) is 0 Å². The molecule has 0 radical (unpaired) electrons. The molecule has 0 unspecified atom stereocenters. The Kier molecular flexibility index (Phi) is 23.2. The van der Waals surface area contributed by atoms with E-state index >= 15 is 0 Å². The van der Waals surface area contributed by atoms with Crippen LogP contribution in [0.15, 0.2) is 0 Å². The third-order valence-corrected chi connectivity index (χ3v) is 1.44. The van der Waals surface area contributed by atoms with E-state index in [4.69, 9.17) is 9.84 Å². The van der Waals surface area contributed by atoms with Crippen molar-refractivity contribution in [3.05, 3.63) is 0 Å². The van der Waals surface area contributed by atoms with Gasteiger partial charge in [-0.2, -0.15) is 0 Å². The smallest absolute Gasteiger partial charge is 0.302 e. The molecule has 0 aromatic heterocycles. The monoisotopic (exact) mass is 279 g/mol. The number of aliphatic hydroxyl groups is 1. The van der Waals surface area contributed by atoms with E-state index in [1.165, 1.54) is 24.7 Å². The van der Waals surface area contributed by atoms with Crippen LogP contribution in [0, 0.1) is 0 Å². The fraction of sp³-hybridized carbons (Fsp3) is 0.846. The molecule has 6 nitrogen and oxygen atoms in total. The second kappa shape index (κ2) is 19.2. The number of esters is 1. The van der Waals surface area contributed by atoms with Crippen LogP contribution in [-0.2, 0) is 19.1 Å². The van der Waals surface area contributed by atoms with Gasteiger partial charge in [0.05, 0.1) is 6.10 Å². The molecule has 1 aliphatic heterocycles. The molecule has 0 aliphatic carbocycles. The number of ether oxygens (including phenoxy) is 2. The minimum absolute atomic E-state index is 0.0255. The Bertz CT molecular complexity index is 184.